The Labute approximate surface area is 201 Å². The highest BCUT2D eigenvalue weighted by molar-refractivity contribution is 7.80. The maximum absolute atomic E-state index is 12.5. The molecule has 3 aromatic heterocycles. The SMILES string of the molecule is CNc1cc(Oc2ccnc(NC(C)=O)c2)cnc1NC(=S)Nc1cc(C2CC2)cn(C)c1=O. The maximum Gasteiger partial charge on any atom is 0.274 e. The van der Waals surface area contributed by atoms with E-state index in [4.69, 9.17) is 17.0 Å². The monoisotopic (exact) mass is 479 g/mol. The molecule has 1 aliphatic carbocycles. The second kappa shape index (κ2) is 9.87. The zero-order valence-electron chi connectivity index (χ0n) is 19.0. The van der Waals surface area contributed by atoms with Crippen molar-refractivity contribution in [1.29, 1.82) is 0 Å². The van der Waals surface area contributed by atoms with Crippen molar-refractivity contribution in [2.45, 2.75) is 25.7 Å². The molecule has 0 aromatic carbocycles. The lowest BCUT2D eigenvalue weighted by atomic mass is 10.2. The summed E-state index contributed by atoms with van der Waals surface area (Å²) in [6.45, 7) is 1.41. The quantitative estimate of drug-likeness (QED) is 0.376. The van der Waals surface area contributed by atoms with Crippen molar-refractivity contribution in [3.63, 3.8) is 0 Å². The molecule has 0 bridgehead atoms. The molecule has 0 radical (unpaired) electrons. The van der Waals surface area contributed by atoms with Gasteiger partial charge in [-0.1, -0.05) is 0 Å². The summed E-state index contributed by atoms with van der Waals surface area (Å²) in [5.74, 6) is 2.11. The Balaban J connectivity index is 1.46. The zero-order chi connectivity index (χ0) is 24.2. The van der Waals surface area contributed by atoms with Crippen LogP contribution in [-0.4, -0.2) is 32.6 Å². The van der Waals surface area contributed by atoms with Crippen molar-refractivity contribution in [2.24, 2.45) is 7.05 Å². The third kappa shape index (κ3) is 5.67. The van der Waals surface area contributed by atoms with Gasteiger partial charge in [0.25, 0.3) is 5.56 Å². The molecule has 176 valence electrons. The number of aryl methyl sites for hydroxylation is 1. The van der Waals surface area contributed by atoms with Crippen LogP contribution in [0, 0.1) is 0 Å². The number of thiocarbonyl (C=S) groups is 1. The van der Waals surface area contributed by atoms with E-state index in [1.165, 1.54) is 19.3 Å². The predicted octanol–water partition coefficient (Wildman–Crippen LogP) is 3.65. The van der Waals surface area contributed by atoms with E-state index in [1.807, 2.05) is 12.3 Å². The highest BCUT2D eigenvalue weighted by atomic mass is 32.1. The number of nitrogens with one attached hydrogen (secondary N) is 4. The molecular weight excluding hydrogens is 454 g/mol. The van der Waals surface area contributed by atoms with Gasteiger partial charge in [-0.05, 0) is 48.7 Å². The smallest absolute Gasteiger partial charge is 0.274 e. The summed E-state index contributed by atoms with van der Waals surface area (Å²) in [7, 11) is 3.48. The first-order valence-corrected chi connectivity index (χ1v) is 11.1. The molecule has 1 fully saturated rings. The van der Waals surface area contributed by atoms with Gasteiger partial charge in [-0.25, -0.2) is 9.97 Å². The van der Waals surface area contributed by atoms with Crippen molar-refractivity contribution in [3.8, 4) is 11.5 Å². The van der Waals surface area contributed by atoms with E-state index in [2.05, 4.69) is 31.2 Å². The second-order valence-electron chi connectivity index (χ2n) is 7.93. The summed E-state index contributed by atoms with van der Waals surface area (Å²) in [5.41, 5.74) is 2.02. The molecule has 0 saturated heterocycles. The summed E-state index contributed by atoms with van der Waals surface area (Å²) in [5, 5.41) is 11.9. The molecule has 10 nitrogen and oxygen atoms in total. The van der Waals surface area contributed by atoms with Gasteiger partial charge in [0.15, 0.2) is 10.9 Å². The van der Waals surface area contributed by atoms with E-state index >= 15 is 0 Å². The van der Waals surface area contributed by atoms with Crippen LogP contribution in [-0.2, 0) is 11.8 Å². The number of carbonyl (C=O) groups excluding carboxylic acids is 1. The highest BCUT2D eigenvalue weighted by Crippen LogP contribution is 2.40. The van der Waals surface area contributed by atoms with E-state index in [1.54, 1.807) is 36.9 Å². The Morgan fingerprint density at radius 1 is 1.12 bits per heavy atom. The van der Waals surface area contributed by atoms with Gasteiger partial charge in [-0.2, -0.15) is 0 Å². The molecule has 11 heteroatoms. The summed E-state index contributed by atoms with van der Waals surface area (Å²) in [4.78, 5) is 32.2. The Morgan fingerprint density at radius 2 is 1.91 bits per heavy atom. The topological polar surface area (TPSA) is 122 Å². The Kier molecular flexibility index (Phi) is 6.73. The zero-order valence-corrected chi connectivity index (χ0v) is 19.8. The van der Waals surface area contributed by atoms with Crippen LogP contribution in [0.15, 0.2) is 47.7 Å². The number of rotatable bonds is 7. The maximum atomic E-state index is 12.5. The van der Waals surface area contributed by atoms with Gasteiger partial charge in [0, 0.05) is 45.5 Å². The van der Waals surface area contributed by atoms with E-state index in [0.29, 0.717) is 40.4 Å². The number of nitrogens with zero attached hydrogens (tertiary/aromatic N) is 3. The van der Waals surface area contributed by atoms with Crippen LogP contribution in [0.4, 0.5) is 23.0 Å². The molecule has 0 unspecified atom stereocenters. The fourth-order valence-corrected chi connectivity index (χ4v) is 3.59. The van der Waals surface area contributed by atoms with Gasteiger partial charge in [0.2, 0.25) is 5.91 Å². The summed E-state index contributed by atoms with van der Waals surface area (Å²) < 4.78 is 7.42. The third-order valence-electron chi connectivity index (χ3n) is 5.14. The first-order chi connectivity index (χ1) is 16.3. The average Bonchev–Trinajstić information content (AvgIpc) is 3.63. The van der Waals surface area contributed by atoms with E-state index in [0.717, 1.165) is 18.4 Å². The minimum absolute atomic E-state index is 0.157. The number of carbonyl (C=O) groups is 1. The van der Waals surface area contributed by atoms with Crippen molar-refractivity contribution >= 4 is 46.2 Å². The van der Waals surface area contributed by atoms with Crippen LogP contribution in [0.3, 0.4) is 0 Å². The van der Waals surface area contributed by atoms with E-state index in [9.17, 15) is 9.59 Å². The van der Waals surface area contributed by atoms with Crippen LogP contribution in [0.25, 0.3) is 0 Å². The first kappa shape index (κ1) is 23.2. The summed E-state index contributed by atoms with van der Waals surface area (Å²) >= 11 is 5.43. The molecule has 1 aliphatic rings. The van der Waals surface area contributed by atoms with Crippen LogP contribution in [0.1, 0.15) is 31.2 Å². The number of ether oxygens (including phenoxy) is 1. The molecule has 0 atom stereocenters. The van der Waals surface area contributed by atoms with Crippen molar-refractivity contribution in [1.82, 2.24) is 14.5 Å². The first-order valence-electron chi connectivity index (χ1n) is 10.7. The lowest BCUT2D eigenvalue weighted by Crippen LogP contribution is -2.27. The van der Waals surface area contributed by atoms with Crippen molar-refractivity contribution in [3.05, 3.63) is 58.8 Å². The van der Waals surface area contributed by atoms with Crippen molar-refractivity contribution in [2.75, 3.05) is 28.3 Å². The van der Waals surface area contributed by atoms with Gasteiger partial charge in [-0.3, -0.25) is 9.59 Å². The molecule has 4 N–H and O–H groups in total. The van der Waals surface area contributed by atoms with Gasteiger partial charge in [0.1, 0.15) is 23.0 Å². The third-order valence-corrected chi connectivity index (χ3v) is 5.34. The predicted molar refractivity (Wildman–Crippen MR) is 136 cm³/mol. The molecule has 0 aliphatic heterocycles. The number of hydrogen-bond donors (Lipinski definition) is 4. The largest absolute Gasteiger partial charge is 0.455 e. The minimum atomic E-state index is -0.221. The molecule has 1 amide bonds. The standard InChI is InChI=1S/C23H25N7O3S/c1-13(31)27-20-10-16(6-7-25-20)33-17-9-18(24-2)21(26-11-17)29-23(34)28-19-8-15(14-4-5-14)12-30(3)22(19)32/h6-12,14,24H,4-5H2,1-3H3,(H,25,27,31)(H2,26,28,29,34). The molecule has 3 heterocycles. The number of amides is 1. The van der Waals surface area contributed by atoms with Gasteiger partial charge in [-0.15, -0.1) is 0 Å². The van der Waals surface area contributed by atoms with Gasteiger partial charge < -0.3 is 30.6 Å². The van der Waals surface area contributed by atoms with Crippen LogP contribution in [0.5, 0.6) is 11.5 Å². The molecule has 4 rings (SSSR count). The Morgan fingerprint density at radius 3 is 2.62 bits per heavy atom. The summed E-state index contributed by atoms with van der Waals surface area (Å²) in [6.07, 6.45) is 7.23. The van der Waals surface area contributed by atoms with E-state index < -0.39 is 0 Å². The second-order valence-corrected chi connectivity index (χ2v) is 8.34. The number of aromatic nitrogens is 3. The van der Waals surface area contributed by atoms with Crippen molar-refractivity contribution < 1.29 is 9.53 Å². The molecule has 3 aromatic rings. The normalized spacial score (nSPS) is 12.6. The Hall–Kier alpha value is -3.99. The molecular formula is C23H25N7O3S. The van der Waals surface area contributed by atoms with Crippen LogP contribution < -0.4 is 31.6 Å². The molecule has 1 saturated carbocycles. The number of anilines is 4. The lowest BCUT2D eigenvalue weighted by molar-refractivity contribution is -0.114. The molecule has 34 heavy (non-hydrogen) atoms. The van der Waals surface area contributed by atoms with Gasteiger partial charge >= 0.3 is 0 Å². The lowest BCUT2D eigenvalue weighted by Gasteiger charge is -2.15. The fraction of sp³-hybridized carbons (Fsp3) is 0.261. The fourth-order valence-electron chi connectivity index (χ4n) is 3.38. The van der Waals surface area contributed by atoms with E-state index in [-0.39, 0.29) is 16.6 Å². The van der Waals surface area contributed by atoms with Crippen LogP contribution >= 0.6 is 12.2 Å². The average molecular weight is 480 g/mol. The number of hydrogen-bond acceptors (Lipinski definition) is 7. The molecule has 0 spiro atoms. The minimum Gasteiger partial charge on any atom is -0.455 e. The Bertz CT molecular complexity index is 1300. The van der Waals surface area contributed by atoms with Crippen LogP contribution in [0.2, 0.25) is 0 Å². The number of pyridine rings is 3. The highest BCUT2D eigenvalue weighted by Gasteiger charge is 2.25. The van der Waals surface area contributed by atoms with Gasteiger partial charge in [0.05, 0.1) is 11.9 Å². The summed E-state index contributed by atoms with van der Waals surface area (Å²) in [6, 6.07) is 6.90.